The zero-order chi connectivity index (χ0) is 13.1. The minimum atomic E-state index is 0.256. The van der Waals surface area contributed by atoms with Gasteiger partial charge in [0.25, 0.3) is 0 Å². The summed E-state index contributed by atoms with van der Waals surface area (Å²) in [5, 5.41) is 3.72. The third-order valence-corrected chi connectivity index (χ3v) is 4.00. The Morgan fingerprint density at radius 2 is 2.21 bits per heavy atom. The van der Waals surface area contributed by atoms with E-state index in [0.29, 0.717) is 6.04 Å². The number of H-pyrrole nitrogens is 1. The summed E-state index contributed by atoms with van der Waals surface area (Å²) in [5.41, 5.74) is 2.97. The first-order valence-electron chi connectivity index (χ1n) is 7.18. The van der Waals surface area contributed by atoms with Crippen LogP contribution in [0.25, 0.3) is 0 Å². The monoisotopic (exact) mass is 255 g/mol. The second-order valence-corrected chi connectivity index (χ2v) is 5.36. The number of imidazole rings is 1. The van der Waals surface area contributed by atoms with E-state index in [2.05, 4.69) is 46.5 Å². The van der Waals surface area contributed by atoms with Crippen LogP contribution in [0.4, 0.5) is 0 Å². The number of benzene rings is 1. The molecule has 0 radical (unpaired) electrons. The molecule has 0 saturated carbocycles. The molecular formula is C16H21N3. The van der Waals surface area contributed by atoms with E-state index in [-0.39, 0.29) is 6.04 Å². The number of aryl methyl sites for hydroxylation is 1. The van der Waals surface area contributed by atoms with Crippen molar-refractivity contribution in [2.24, 2.45) is 0 Å². The van der Waals surface area contributed by atoms with Crippen molar-refractivity contribution in [2.45, 2.75) is 44.7 Å². The fraction of sp³-hybridized carbons (Fsp3) is 0.438. The van der Waals surface area contributed by atoms with Crippen molar-refractivity contribution < 1.29 is 0 Å². The summed E-state index contributed by atoms with van der Waals surface area (Å²) in [7, 11) is 0. The maximum Gasteiger partial charge on any atom is 0.122 e. The van der Waals surface area contributed by atoms with E-state index in [9.17, 15) is 0 Å². The first kappa shape index (κ1) is 12.4. The number of fused-ring (bicyclic) bond motifs is 1. The molecule has 3 heteroatoms. The molecule has 1 heterocycles. The molecule has 1 aromatic carbocycles. The molecule has 1 aliphatic carbocycles. The lowest BCUT2D eigenvalue weighted by Crippen LogP contribution is -2.25. The second kappa shape index (κ2) is 5.57. The molecule has 3 rings (SSSR count). The van der Waals surface area contributed by atoms with Crippen molar-refractivity contribution in [3.63, 3.8) is 0 Å². The highest BCUT2D eigenvalue weighted by Crippen LogP contribution is 2.30. The van der Waals surface area contributed by atoms with Gasteiger partial charge in [0.2, 0.25) is 0 Å². The molecule has 1 aromatic heterocycles. The Labute approximate surface area is 114 Å². The van der Waals surface area contributed by atoms with Crippen molar-refractivity contribution in [1.82, 2.24) is 15.3 Å². The van der Waals surface area contributed by atoms with Crippen molar-refractivity contribution in [3.8, 4) is 0 Å². The van der Waals surface area contributed by atoms with Gasteiger partial charge in [-0.25, -0.2) is 4.98 Å². The number of nitrogens with one attached hydrogen (secondary N) is 2. The van der Waals surface area contributed by atoms with E-state index < -0.39 is 0 Å². The summed E-state index contributed by atoms with van der Waals surface area (Å²) in [5.74, 6) is 1.02. The fourth-order valence-electron chi connectivity index (χ4n) is 2.99. The third-order valence-electron chi connectivity index (χ3n) is 4.00. The van der Waals surface area contributed by atoms with Crippen LogP contribution in [0.1, 0.15) is 55.2 Å². The Balaban J connectivity index is 1.80. The van der Waals surface area contributed by atoms with Crippen molar-refractivity contribution in [2.75, 3.05) is 0 Å². The molecule has 0 spiro atoms. The molecule has 0 aliphatic heterocycles. The predicted octanol–water partition coefficient (Wildman–Crippen LogP) is 3.53. The highest BCUT2D eigenvalue weighted by Gasteiger charge is 2.20. The van der Waals surface area contributed by atoms with Crippen LogP contribution in [0.15, 0.2) is 36.7 Å². The van der Waals surface area contributed by atoms with Crippen LogP contribution >= 0.6 is 0 Å². The van der Waals surface area contributed by atoms with Crippen LogP contribution in [0, 0.1) is 0 Å². The summed E-state index contributed by atoms with van der Waals surface area (Å²) in [6, 6.07) is 9.54. The fourth-order valence-corrected chi connectivity index (χ4v) is 2.99. The van der Waals surface area contributed by atoms with Crippen LogP contribution in [0.2, 0.25) is 0 Å². The van der Waals surface area contributed by atoms with Crippen molar-refractivity contribution >= 4 is 0 Å². The normalized spacial score (nSPS) is 20.6. The van der Waals surface area contributed by atoms with Gasteiger partial charge in [0.05, 0.1) is 6.04 Å². The Kier molecular flexibility index (Phi) is 3.65. The van der Waals surface area contributed by atoms with Gasteiger partial charge in [-0.3, -0.25) is 0 Å². The molecule has 2 atom stereocenters. The van der Waals surface area contributed by atoms with Gasteiger partial charge in [0.15, 0.2) is 0 Å². The molecule has 0 fully saturated rings. The minimum absolute atomic E-state index is 0.256. The van der Waals surface area contributed by atoms with E-state index in [0.717, 1.165) is 5.82 Å². The Bertz CT molecular complexity index is 519. The molecular weight excluding hydrogens is 234 g/mol. The molecule has 1 aliphatic rings. The lowest BCUT2D eigenvalue weighted by Gasteiger charge is -2.23. The molecule has 2 aromatic rings. The molecule has 3 nitrogen and oxygen atoms in total. The predicted molar refractivity (Wildman–Crippen MR) is 76.9 cm³/mol. The number of hydrogen-bond donors (Lipinski definition) is 2. The number of nitrogens with zero attached hydrogens (tertiary/aromatic N) is 1. The maximum atomic E-state index is 4.34. The largest absolute Gasteiger partial charge is 0.347 e. The van der Waals surface area contributed by atoms with Crippen LogP contribution in [0.3, 0.4) is 0 Å². The van der Waals surface area contributed by atoms with Crippen molar-refractivity contribution in [3.05, 3.63) is 53.6 Å². The Morgan fingerprint density at radius 3 is 3.05 bits per heavy atom. The summed E-state index contributed by atoms with van der Waals surface area (Å²) in [6.07, 6.45) is 8.70. The van der Waals surface area contributed by atoms with E-state index in [4.69, 9.17) is 0 Å². The lowest BCUT2D eigenvalue weighted by molar-refractivity contribution is 0.427. The third kappa shape index (κ3) is 2.71. The average molecular weight is 255 g/mol. The number of aromatic amines is 1. The minimum Gasteiger partial charge on any atom is -0.347 e. The van der Waals surface area contributed by atoms with Gasteiger partial charge in [0, 0.05) is 18.4 Å². The van der Waals surface area contributed by atoms with Crippen LogP contribution in [-0.4, -0.2) is 9.97 Å². The van der Waals surface area contributed by atoms with Gasteiger partial charge in [-0.05, 0) is 37.3 Å². The topological polar surface area (TPSA) is 40.7 Å². The number of hydrogen-bond acceptors (Lipinski definition) is 2. The Hall–Kier alpha value is -1.61. The van der Waals surface area contributed by atoms with Crippen LogP contribution in [-0.2, 0) is 6.42 Å². The van der Waals surface area contributed by atoms with Crippen molar-refractivity contribution in [1.29, 1.82) is 0 Å². The van der Waals surface area contributed by atoms with Gasteiger partial charge >= 0.3 is 0 Å². The molecule has 0 bridgehead atoms. The molecule has 2 unspecified atom stereocenters. The lowest BCUT2D eigenvalue weighted by atomic mass is 9.98. The van der Waals surface area contributed by atoms with Crippen LogP contribution in [0.5, 0.6) is 0 Å². The average Bonchev–Trinajstić information content (AvgIpc) is 2.90. The van der Waals surface area contributed by atoms with E-state index >= 15 is 0 Å². The summed E-state index contributed by atoms with van der Waals surface area (Å²) < 4.78 is 0. The highest BCUT2D eigenvalue weighted by molar-refractivity contribution is 5.31. The van der Waals surface area contributed by atoms with Gasteiger partial charge in [-0.1, -0.05) is 30.7 Å². The van der Waals surface area contributed by atoms with Gasteiger partial charge < -0.3 is 10.3 Å². The molecule has 0 amide bonds. The van der Waals surface area contributed by atoms with Gasteiger partial charge in [0.1, 0.15) is 5.82 Å². The van der Waals surface area contributed by atoms with Crippen LogP contribution < -0.4 is 5.32 Å². The molecule has 100 valence electrons. The quantitative estimate of drug-likeness (QED) is 0.824. The first-order valence-corrected chi connectivity index (χ1v) is 7.18. The number of rotatable bonds is 3. The zero-order valence-corrected chi connectivity index (χ0v) is 11.4. The highest BCUT2D eigenvalue weighted by atomic mass is 15.0. The zero-order valence-electron chi connectivity index (χ0n) is 11.4. The molecule has 19 heavy (non-hydrogen) atoms. The van der Waals surface area contributed by atoms with E-state index in [1.807, 2.05) is 12.4 Å². The summed E-state index contributed by atoms with van der Waals surface area (Å²) in [6.45, 7) is 2.17. The smallest absolute Gasteiger partial charge is 0.122 e. The molecule has 0 saturated heterocycles. The molecule has 2 N–H and O–H groups in total. The van der Waals surface area contributed by atoms with Gasteiger partial charge in [-0.15, -0.1) is 0 Å². The Morgan fingerprint density at radius 1 is 1.32 bits per heavy atom. The van der Waals surface area contributed by atoms with Gasteiger partial charge in [-0.2, -0.15) is 0 Å². The summed E-state index contributed by atoms with van der Waals surface area (Å²) in [4.78, 5) is 7.54. The van der Waals surface area contributed by atoms with E-state index in [1.54, 1.807) is 0 Å². The number of aromatic nitrogens is 2. The summed E-state index contributed by atoms with van der Waals surface area (Å²) >= 11 is 0. The van der Waals surface area contributed by atoms with E-state index in [1.165, 1.54) is 36.8 Å². The maximum absolute atomic E-state index is 4.34. The first-order chi connectivity index (χ1) is 9.34. The second-order valence-electron chi connectivity index (χ2n) is 5.36. The SMILES string of the molecule is CC(NC1CCCCc2ccccc21)c1ncc[nH]1. The standard InChI is InChI=1S/C16H21N3/c1-12(16-17-10-11-18-16)19-15-9-5-3-7-13-6-2-4-8-14(13)15/h2,4,6,8,10-12,15,19H,3,5,7,9H2,1H3,(H,17,18).